The Morgan fingerprint density at radius 2 is 1.79 bits per heavy atom. The number of halogens is 4. The standard InChI is InChI=1S/C22H24F4N2O4S/c1-22(2)6-8-28(7-5-19(22)29)33(31,32)18-9-13(3-4-14(18)12-23)21(30)27-15-10-16(24)20(26)17(25)11-15/h3-4,9-11,19,29H,5-8,12H2,1-2H3,(H,27,30). The lowest BCUT2D eigenvalue weighted by atomic mass is 9.83. The number of alkyl halides is 1. The number of hydrogen-bond donors (Lipinski definition) is 2. The van der Waals surface area contributed by atoms with Gasteiger partial charge in [-0.15, -0.1) is 0 Å². The minimum absolute atomic E-state index is 0.0171. The zero-order valence-corrected chi connectivity index (χ0v) is 18.9. The summed E-state index contributed by atoms with van der Waals surface area (Å²) in [5.41, 5.74) is -1.24. The first-order valence-corrected chi connectivity index (χ1v) is 11.6. The Labute approximate surface area is 189 Å². The minimum atomic E-state index is -4.22. The molecule has 1 heterocycles. The van der Waals surface area contributed by atoms with E-state index in [0.29, 0.717) is 18.6 Å². The maximum Gasteiger partial charge on any atom is 0.255 e. The van der Waals surface area contributed by atoms with Crippen molar-refractivity contribution < 1.29 is 35.9 Å². The van der Waals surface area contributed by atoms with Gasteiger partial charge in [-0.3, -0.25) is 4.79 Å². The molecule has 0 saturated carbocycles. The molecule has 0 aromatic heterocycles. The van der Waals surface area contributed by atoms with Gasteiger partial charge < -0.3 is 10.4 Å². The molecule has 2 aromatic carbocycles. The van der Waals surface area contributed by atoms with Crippen LogP contribution >= 0.6 is 0 Å². The van der Waals surface area contributed by atoms with Crippen molar-refractivity contribution in [2.75, 3.05) is 18.4 Å². The van der Waals surface area contributed by atoms with Gasteiger partial charge in [0.05, 0.1) is 11.0 Å². The number of aliphatic hydroxyl groups is 1. The van der Waals surface area contributed by atoms with Crippen molar-refractivity contribution in [1.82, 2.24) is 4.31 Å². The van der Waals surface area contributed by atoms with E-state index in [1.54, 1.807) is 0 Å². The smallest absolute Gasteiger partial charge is 0.255 e. The minimum Gasteiger partial charge on any atom is -0.393 e. The summed E-state index contributed by atoms with van der Waals surface area (Å²) in [5, 5.41) is 12.4. The molecule has 33 heavy (non-hydrogen) atoms. The number of sulfonamides is 1. The van der Waals surface area contributed by atoms with Gasteiger partial charge in [-0.2, -0.15) is 4.31 Å². The highest BCUT2D eigenvalue weighted by Gasteiger charge is 2.36. The molecule has 0 spiro atoms. The summed E-state index contributed by atoms with van der Waals surface area (Å²) < 4.78 is 81.3. The van der Waals surface area contributed by atoms with Gasteiger partial charge in [0, 0.05) is 42.0 Å². The summed E-state index contributed by atoms with van der Waals surface area (Å²) in [7, 11) is -4.22. The fourth-order valence-corrected chi connectivity index (χ4v) is 5.29. The average molecular weight is 489 g/mol. The van der Waals surface area contributed by atoms with E-state index in [0.717, 1.165) is 16.4 Å². The summed E-state index contributed by atoms with van der Waals surface area (Å²) in [5.74, 6) is -5.63. The third kappa shape index (κ3) is 5.20. The quantitative estimate of drug-likeness (QED) is 0.492. The monoisotopic (exact) mass is 488 g/mol. The summed E-state index contributed by atoms with van der Waals surface area (Å²) in [6, 6.07) is 4.46. The second kappa shape index (κ2) is 9.40. The molecule has 180 valence electrons. The molecule has 2 N–H and O–H groups in total. The highest BCUT2D eigenvalue weighted by molar-refractivity contribution is 7.89. The number of rotatable bonds is 5. The van der Waals surface area contributed by atoms with Crippen LogP contribution in [0, 0.1) is 22.9 Å². The van der Waals surface area contributed by atoms with Crippen molar-refractivity contribution in [3.63, 3.8) is 0 Å². The number of amides is 1. The van der Waals surface area contributed by atoms with Crippen molar-refractivity contribution in [1.29, 1.82) is 0 Å². The molecule has 1 fully saturated rings. The number of benzene rings is 2. The van der Waals surface area contributed by atoms with Crippen molar-refractivity contribution in [2.45, 2.75) is 44.4 Å². The van der Waals surface area contributed by atoms with Crippen LogP contribution in [0.15, 0.2) is 35.2 Å². The molecule has 0 radical (unpaired) electrons. The van der Waals surface area contributed by atoms with Crippen LogP contribution < -0.4 is 5.32 Å². The molecule has 1 amide bonds. The Hall–Kier alpha value is -2.50. The molecular formula is C22H24F4N2O4S. The van der Waals surface area contributed by atoms with Gasteiger partial charge in [0.1, 0.15) is 6.67 Å². The average Bonchev–Trinajstić information content (AvgIpc) is 2.89. The Bertz CT molecular complexity index is 1150. The maximum atomic E-state index is 13.6. The van der Waals surface area contributed by atoms with Gasteiger partial charge in [0.25, 0.3) is 5.91 Å². The molecule has 0 aliphatic carbocycles. The second-order valence-corrected chi connectivity index (χ2v) is 10.5. The third-order valence-corrected chi connectivity index (χ3v) is 7.87. The second-order valence-electron chi connectivity index (χ2n) is 8.61. The van der Waals surface area contributed by atoms with Gasteiger partial charge in [-0.25, -0.2) is 26.0 Å². The predicted molar refractivity (Wildman–Crippen MR) is 113 cm³/mol. The van der Waals surface area contributed by atoms with Crippen molar-refractivity contribution in [2.24, 2.45) is 5.41 Å². The number of carbonyl (C=O) groups is 1. The fraction of sp³-hybridized carbons (Fsp3) is 0.409. The van der Waals surface area contributed by atoms with Crippen molar-refractivity contribution >= 4 is 21.6 Å². The van der Waals surface area contributed by atoms with E-state index >= 15 is 0 Å². The Morgan fingerprint density at radius 3 is 2.39 bits per heavy atom. The summed E-state index contributed by atoms with van der Waals surface area (Å²) in [6.45, 7) is 2.67. The van der Waals surface area contributed by atoms with E-state index in [4.69, 9.17) is 0 Å². The summed E-state index contributed by atoms with van der Waals surface area (Å²) in [4.78, 5) is 12.2. The van der Waals surface area contributed by atoms with Crippen LogP contribution in [0.25, 0.3) is 0 Å². The van der Waals surface area contributed by atoms with Crippen LogP contribution in [0.5, 0.6) is 0 Å². The van der Waals surface area contributed by atoms with Crippen molar-refractivity contribution in [3.8, 4) is 0 Å². The molecule has 11 heteroatoms. The largest absolute Gasteiger partial charge is 0.393 e. The number of nitrogens with zero attached hydrogens (tertiary/aromatic N) is 1. The molecule has 1 atom stereocenters. The highest BCUT2D eigenvalue weighted by atomic mass is 32.2. The van der Waals surface area contributed by atoms with E-state index in [9.17, 15) is 35.9 Å². The van der Waals surface area contributed by atoms with Crippen LogP contribution in [0.3, 0.4) is 0 Å². The third-order valence-electron chi connectivity index (χ3n) is 5.89. The first-order valence-electron chi connectivity index (χ1n) is 10.2. The number of hydrogen-bond acceptors (Lipinski definition) is 4. The lowest BCUT2D eigenvalue weighted by Crippen LogP contribution is -2.33. The van der Waals surface area contributed by atoms with E-state index in [1.165, 1.54) is 6.07 Å². The lowest BCUT2D eigenvalue weighted by molar-refractivity contribution is 0.0483. The summed E-state index contributed by atoms with van der Waals surface area (Å²) in [6.07, 6.45) is -0.147. The Balaban J connectivity index is 1.92. The molecule has 2 aromatic rings. The molecule has 3 rings (SSSR count). The lowest BCUT2D eigenvalue weighted by Gasteiger charge is -2.27. The predicted octanol–water partition coefficient (Wildman–Crippen LogP) is 4.00. The van der Waals surface area contributed by atoms with E-state index in [2.05, 4.69) is 5.32 Å². The van der Waals surface area contributed by atoms with E-state index in [-0.39, 0.29) is 36.3 Å². The van der Waals surface area contributed by atoms with E-state index < -0.39 is 56.5 Å². The van der Waals surface area contributed by atoms with Crippen LogP contribution in [-0.4, -0.2) is 42.9 Å². The molecule has 1 unspecified atom stereocenters. The number of carbonyl (C=O) groups excluding carboxylic acids is 1. The molecule has 1 aliphatic heterocycles. The van der Waals surface area contributed by atoms with Gasteiger partial charge >= 0.3 is 0 Å². The van der Waals surface area contributed by atoms with Crippen molar-refractivity contribution in [3.05, 3.63) is 58.9 Å². The van der Waals surface area contributed by atoms with Gasteiger partial charge in [-0.1, -0.05) is 19.9 Å². The molecule has 1 aliphatic rings. The Morgan fingerprint density at radius 1 is 1.15 bits per heavy atom. The van der Waals surface area contributed by atoms with Gasteiger partial charge in [0.15, 0.2) is 17.5 Å². The Kier molecular flexibility index (Phi) is 7.15. The van der Waals surface area contributed by atoms with E-state index in [1.807, 2.05) is 13.8 Å². The highest BCUT2D eigenvalue weighted by Crippen LogP contribution is 2.33. The first-order chi connectivity index (χ1) is 15.4. The zero-order chi connectivity index (χ0) is 24.6. The van der Waals surface area contributed by atoms with Crippen LogP contribution in [-0.2, 0) is 16.7 Å². The van der Waals surface area contributed by atoms with Crippen LogP contribution in [0.4, 0.5) is 23.2 Å². The summed E-state index contributed by atoms with van der Waals surface area (Å²) >= 11 is 0. The number of aliphatic hydroxyl groups excluding tert-OH is 1. The molecule has 1 saturated heterocycles. The zero-order valence-electron chi connectivity index (χ0n) is 18.0. The fourth-order valence-electron chi connectivity index (χ4n) is 3.60. The van der Waals surface area contributed by atoms with Crippen LogP contribution in [0.1, 0.15) is 42.6 Å². The topological polar surface area (TPSA) is 86.7 Å². The van der Waals surface area contributed by atoms with Gasteiger partial charge in [-0.05, 0) is 30.4 Å². The molecule has 0 bridgehead atoms. The molecular weight excluding hydrogens is 464 g/mol. The normalized spacial score (nSPS) is 19.2. The molecule has 6 nitrogen and oxygen atoms in total. The SMILES string of the molecule is CC1(C)CCN(S(=O)(=O)c2cc(C(=O)Nc3cc(F)c(F)c(F)c3)ccc2CF)CCC1O. The maximum absolute atomic E-state index is 13.6. The number of anilines is 1. The number of nitrogens with one attached hydrogen (secondary N) is 1. The first kappa shape index (κ1) is 25.1. The van der Waals surface area contributed by atoms with Crippen LogP contribution in [0.2, 0.25) is 0 Å². The van der Waals surface area contributed by atoms with Gasteiger partial charge in [0.2, 0.25) is 10.0 Å².